The van der Waals surface area contributed by atoms with E-state index in [1.54, 1.807) is 0 Å². The fraction of sp³-hybridized carbons (Fsp3) is 0.125. The lowest BCUT2D eigenvalue weighted by Gasteiger charge is -2.05. The minimum atomic E-state index is -0.805. The number of ether oxygens (including phenoxy) is 1. The molecule has 80 valence electrons. The molecule has 0 aliphatic rings. The van der Waals surface area contributed by atoms with Crippen molar-refractivity contribution in [2.75, 3.05) is 12.8 Å². The largest absolute Gasteiger partial charge is 0.465 e. The molecule has 0 aromatic heterocycles. The van der Waals surface area contributed by atoms with Crippen molar-refractivity contribution in [3.63, 3.8) is 0 Å². The van der Waals surface area contributed by atoms with E-state index in [0.29, 0.717) is 0 Å². The predicted octanol–water partition coefficient (Wildman–Crippen LogP) is 1.73. The lowest BCUT2D eigenvalue weighted by Crippen LogP contribution is -2.08. The van der Waals surface area contributed by atoms with E-state index in [4.69, 9.17) is 5.73 Å². The van der Waals surface area contributed by atoms with E-state index >= 15 is 0 Å². The maximum absolute atomic E-state index is 11.3. The Morgan fingerprint density at radius 1 is 1.60 bits per heavy atom. The van der Waals surface area contributed by atoms with E-state index in [9.17, 15) is 14.9 Å². The highest BCUT2D eigenvalue weighted by atomic mass is 79.9. The Labute approximate surface area is 93.3 Å². The summed E-state index contributed by atoms with van der Waals surface area (Å²) < 4.78 is 4.71. The second-order valence-corrected chi connectivity index (χ2v) is 3.46. The van der Waals surface area contributed by atoms with Gasteiger partial charge in [-0.3, -0.25) is 10.1 Å². The molecule has 0 unspecified atom stereocenters. The number of rotatable bonds is 2. The molecule has 0 aliphatic heterocycles. The van der Waals surface area contributed by atoms with Gasteiger partial charge in [0, 0.05) is 4.47 Å². The van der Waals surface area contributed by atoms with Crippen molar-refractivity contribution in [2.45, 2.75) is 0 Å². The van der Waals surface area contributed by atoms with Crippen molar-refractivity contribution in [1.82, 2.24) is 0 Å². The van der Waals surface area contributed by atoms with Crippen molar-refractivity contribution in [1.29, 1.82) is 0 Å². The Bertz CT molecular complexity index is 433. The zero-order chi connectivity index (χ0) is 11.6. The second-order valence-electron chi connectivity index (χ2n) is 2.61. The number of anilines is 1. The van der Waals surface area contributed by atoms with E-state index < -0.39 is 16.6 Å². The fourth-order valence-corrected chi connectivity index (χ4v) is 1.56. The summed E-state index contributed by atoms with van der Waals surface area (Å²) in [5.74, 6) is -0.805. The molecular weight excluding hydrogens is 268 g/mol. The summed E-state index contributed by atoms with van der Waals surface area (Å²) in [5.41, 5.74) is 4.71. The molecule has 0 bridgehead atoms. The van der Waals surface area contributed by atoms with Crippen LogP contribution in [0.3, 0.4) is 0 Å². The van der Waals surface area contributed by atoms with Crippen LogP contribution in [0.15, 0.2) is 16.6 Å². The van der Waals surface area contributed by atoms with E-state index in [1.165, 1.54) is 12.1 Å². The van der Waals surface area contributed by atoms with Crippen LogP contribution < -0.4 is 5.73 Å². The standard InChI is InChI=1S/C8H7BrN2O4/c1-15-8(12)6-4(9)2-3-5(10)7(6)11(13)14/h2-3H,10H2,1H3. The van der Waals surface area contributed by atoms with Gasteiger partial charge in [0.05, 0.1) is 12.0 Å². The van der Waals surface area contributed by atoms with Gasteiger partial charge in [0.2, 0.25) is 0 Å². The molecule has 1 aromatic carbocycles. The number of hydrogen-bond acceptors (Lipinski definition) is 5. The van der Waals surface area contributed by atoms with E-state index in [1.807, 2.05) is 0 Å². The Hall–Kier alpha value is -1.63. The molecule has 6 nitrogen and oxygen atoms in total. The summed E-state index contributed by atoms with van der Waals surface area (Å²) in [7, 11) is 1.14. The predicted molar refractivity (Wildman–Crippen MR) is 56.5 cm³/mol. The lowest BCUT2D eigenvalue weighted by molar-refractivity contribution is -0.384. The first-order chi connectivity index (χ1) is 6.99. The summed E-state index contributed by atoms with van der Waals surface area (Å²) >= 11 is 3.03. The molecule has 1 aromatic rings. The third-order valence-electron chi connectivity index (χ3n) is 1.73. The molecule has 0 fully saturated rings. The normalized spacial score (nSPS) is 9.73. The average Bonchev–Trinajstić information content (AvgIpc) is 2.19. The molecular formula is C8H7BrN2O4. The summed E-state index contributed by atoms with van der Waals surface area (Å²) in [6.07, 6.45) is 0. The van der Waals surface area contributed by atoms with Crippen molar-refractivity contribution >= 4 is 33.3 Å². The molecule has 0 aliphatic carbocycles. The van der Waals surface area contributed by atoms with Crippen LogP contribution in [0.1, 0.15) is 10.4 Å². The van der Waals surface area contributed by atoms with Gasteiger partial charge in [-0.25, -0.2) is 4.79 Å². The van der Waals surface area contributed by atoms with Gasteiger partial charge in [-0.1, -0.05) is 0 Å². The second kappa shape index (κ2) is 4.26. The van der Waals surface area contributed by atoms with Crippen LogP contribution in [0.4, 0.5) is 11.4 Å². The van der Waals surface area contributed by atoms with Crippen LogP contribution in [-0.2, 0) is 4.74 Å². The van der Waals surface area contributed by atoms with Crippen LogP contribution >= 0.6 is 15.9 Å². The quantitative estimate of drug-likeness (QED) is 0.383. The molecule has 0 saturated carbocycles. The highest BCUT2D eigenvalue weighted by Crippen LogP contribution is 2.32. The molecule has 0 saturated heterocycles. The van der Waals surface area contributed by atoms with Gasteiger partial charge in [0.1, 0.15) is 5.69 Å². The number of methoxy groups -OCH3 is 1. The SMILES string of the molecule is COC(=O)c1c(Br)ccc(N)c1[N+](=O)[O-]. The van der Waals surface area contributed by atoms with Gasteiger partial charge < -0.3 is 10.5 Å². The molecule has 0 radical (unpaired) electrons. The summed E-state index contributed by atoms with van der Waals surface area (Å²) in [4.78, 5) is 21.3. The Morgan fingerprint density at radius 3 is 2.67 bits per heavy atom. The number of nitrogen functional groups attached to an aromatic ring is 1. The molecule has 0 spiro atoms. The number of carbonyl (C=O) groups excluding carboxylic acids is 1. The number of nitrogens with two attached hydrogens (primary N) is 1. The van der Waals surface area contributed by atoms with Crippen LogP contribution in [0, 0.1) is 10.1 Å². The van der Waals surface area contributed by atoms with Gasteiger partial charge in [0.25, 0.3) is 0 Å². The maximum Gasteiger partial charge on any atom is 0.346 e. The zero-order valence-corrected chi connectivity index (χ0v) is 9.28. The van der Waals surface area contributed by atoms with Crippen LogP contribution in [-0.4, -0.2) is 18.0 Å². The van der Waals surface area contributed by atoms with E-state index in [-0.39, 0.29) is 15.7 Å². The van der Waals surface area contributed by atoms with Crippen LogP contribution in [0.2, 0.25) is 0 Å². The van der Waals surface area contributed by atoms with Crippen LogP contribution in [0.25, 0.3) is 0 Å². The molecule has 0 heterocycles. The number of benzene rings is 1. The average molecular weight is 275 g/mol. The summed E-state index contributed by atoms with van der Waals surface area (Å²) in [6.45, 7) is 0. The van der Waals surface area contributed by atoms with Crippen LogP contribution in [0.5, 0.6) is 0 Å². The number of halogens is 1. The van der Waals surface area contributed by atoms with Gasteiger partial charge >= 0.3 is 11.7 Å². The monoisotopic (exact) mass is 274 g/mol. The summed E-state index contributed by atoms with van der Waals surface area (Å²) in [5, 5.41) is 10.7. The van der Waals surface area contributed by atoms with Gasteiger partial charge in [-0.2, -0.15) is 0 Å². The molecule has 0 amide bonds. The van der Waals surface area contributed by atoms with Crippen molar-refractivity contribution in [3.8, 4) is 0 Å². The van der Waals surface area contributed by atoms with E-state index in [2.05, 4.69) is 20.7 Å². The molecule has 7 heteroatoms. The number of carbonyl (C=O) groups is 1. The lowest BCUT2D eigenvalue weighted by atomic mass is 10.1. The molecule has 2 N–H and O–H groups in total. The highest BCUT2D eigenvalue weighted by molar-refractivity contribution is 9.10. The third-order valence-corrected chi connectivity index (χ3v) is 2.39. The minimum Gasteiger partial charge on any atom is -0.465 e. The van der Waals surface area contributed by atoms with Crippen molar-refractivity contribution in [2.24, 2.45) is 0 Å². The molecule has 15 heavy (non-hydrogen) atoms. The summed E-state index contributed by atoms with van der Waals surface area (Å²) in [6, 6.07) is 2.79. The smallest absolute Gasteiger partial charge is 0.346 e. The first-order valence-electron chi connectivity index (χ1n) is 3.79. The number of hydrogen-bond donors (Lipinski definition) is 1. The number of nitro benzene ring substituents is 1. The molecule has 0 atom stereocenters. The van der Waals surface area contributed by atoms with Crippen molar-refractivity contribution in [3.05, 3.63) is 32.3 Å². The van der Waals surface area contributed by atoms with Gasteiger partial charge in [0.15, 0.2) is 5.56 Å². The Kier molecular flexibility index (Phi) is 3.25. The fourth-order valence-electron chi connectivity index (χ4n) is 1.08. The number of nitrogens with zero attached hydrogens (tertiary/aromatic N) is 1. The minimum absolute atomic E-state index is 0.0800. The topological polar surface area (TPSA) is 95.5 Å². The zero-order valence-electron chi connectivity index (χ0n) is 7.69. The Morgan fingerprint density at radius 2 is 2.20 bits per heavy atom. The van der Waals surface area contributed by atoms with Gasteiger partial charge in [-0.05, 0) is 28.1 Å². The third kappa shape index (κ3) is 2.07. The first kappa shape index (κ1) is 11.4. The van der Waals surface area contributed by atoms with Crippen molar-refractivity contribution < 1.29 is 14.5 Å². The van der Waals surface area contributed by atoms with E-state index in [0.717, 1.165) is 7.11 Å². The number of nitro groups is 1. The Balaban J connectivity index is 3.52. The highest BCUT2D eigenvalue weighted by Gasteiger charge is 2.26. The van der Waals surface area contributed by atoms with Gasteiger partial charge in [-0.15, -0.1) is 0 Å². The number of esters is 1. The first-order valence-corrected chi connectivity index (χ1v) is 4.59. The molecule has 1 rings (SSSR count). The maximum atomic E-state index is 11.3.